The van der Waals surface area contributed by atoms with Crippen molar-refractivity contribution in [2.24, 2.45) is 71.0 Å². The molecule has 3 aliphatic carbocycles. The maximum atomic E-state index is 2.58. The molecule has 3 aliphatic rings. The van der Waals surface area contributed by atoms with Gasteiger partial charge in [-0.2, -0.15) is 0 Å². The first-order chi connectivity index (χ1) is 9.29. The highest BCUT2D eigenvalue weighted by Gasteiger charge is 2.61. The molecule has 116 valence electrons. The second kappa shape index (κ2) is 4.75. The zero-order valence-corrected chi connectivity index (χ0v) is 14.9. The molecule has 3 rings (SSSR count). The van der Waals surface area contributed by atoms with Crippen LogP contribution in [0.5, 0.6) is 0 Å². The first-order valence-corrected chi connectivity index (χ1v) is 9.29. The lowest BCUT2D eigenvalue weighted by molar-refractivity contribution is -0.0963. The normalized spacial score (nSPS) is 66.0. The molecule has 3 saturated carbocycles. The highest BCUT2D eigenvalue weighted by molar-refractivity contribution is 5.09. The molecule has 0 heteroatoms. The standard InChI is InChI=1S/C20H36/c1-9-11(3)17-12(4)10(2)14(6)19-16(8)15(7)18(13(9)5)20(17)19/h9-20H,1-8H3. The van der Waals surface area contributed by atoms with Crippen LogP contribution in [0.4, 0.5) is 0 Å². The first kappa shape index (κ1) is 14.9. The second-order valence-corrected chi connectivity index (χ2v) is 9.18. The van der Waals surface area contributed by atoms with Gasteiger partial charge in [-0.25, -0.2) is 0 Å². The maximum absolute atomic E-state index is 2.58. The summed E-state index contributed by atoms with van der Waals surface area (Å²) in [6.07, 6.45) is 0. The summed E-state index contributed by atoms with van der Waals surface area (Å²) in [5, 5.41) is 0. The summed E-state index contributed by atoms with van der Waals surface area (Å²) in [5.41, 5.74) is 0. The van der Waals surface area contributed by atoms with E-state index in [4.69, 9.17) is 0 Å². The van der Waals surface area contributed by atoms with Gasteiger partial charge in [0.1, 0.15) is 0 Å². The fourth-order valence-electron chi connectivity index (χ4n) is 7.37. The van der Waals surface area contributed by atoms with Gasteiger partial charge in [0.25, 0.3) is 0 Å². The molecule has 20 heavy (non-hydrogen) atoms. The summed E-state index contributed by atoms with van der Waals surface area (Å²) in [7, 11) is 0. The molecule has 0 nitrogen and oxygen atoms in total. The summed E-state index contributed by atoms with van der Waals surface area (Å²) in [4.78, 5) is 0. The third kappa shape index (κ3) is 1.66. The Morgan fingerprint density at radius 1 is 0.250 bits per heavy atom. The Morgan fingerprint density at radius 2 is 0.450 bits per heavy atom. The molecule has 3 fully saturated rings. The molecule has 0 heterocycles. The van der Waals surface area contributed by atoms with E-state index in [-0.39, 0.29) is 0 Å². The van der Waals surface area contributed by atoms with E-state index in [1.54, 1.807) is 0 Å². The minimum atomic E-state index is 0.915. The van der Waals surface area contributed by atoms with Crippen molar-refractivity contribution in [1.29, 1.82) is 0 Å². The molecule has 0 radical (unpaired) electrons. The second-order valence-electron chi connectivity index (χ2n) is 9.18. The third-order valence-electron chi connectivity index (χ3n) is 9.12. The maximum Gasteiger partial charge on any atom is -0.0313 e. The van der Waals surface area contributed by atoms with Crippen LogP contribution in [0, 0.1) is 71.0 Å². The summed E-state index contributed by atoms with van der Waals surface area (Å²) in [6.45, 7) is 20.5. The van der Waals surface area contributed by atoms with Crippen LogP contribution in [0.2, 0.25) is 0 Å². The minimum absolute atomic E-state index is 0.915. The lowest BCUT2D eigenvalue weighted by atomic mass is 9.48. The van der Waals surface area contributed by atoms with E-state index in [0.717, 1.165) is 71.0 Å². The Morgan fingerprint density at radius 3 is 0.700 bits per heavy atom. The molecular formula is C20H36. The molecule has 0 aliphatic heterocycles. The summed E-state index contributed by atoms with van der Waals surface area (Å²) >= 11 is 0. The minimum Gasteiger partial charge on any atom is -0.0620 e. The largest absolute Gasteiger partial charge is 0.0620 e. The van der Waals surface area contributed by atoms with Gasteiger partial charge in [-0.1, -0.05) is 55.4 Å². The number of hydrogen-bond donors (Lipinski definition) is 0. The summed E-state index contributed by atoms with van der Waals surface area (Å²) in [6, 6.07) is 0. The topological polar surface area (TPSA) is 0 Å². The molecule has 0 bridgehead atoms. The van der Waals surface area contributed by atoms with E-state index < -0.39 is 0 Å². The van der Waals surface area contributed by atoms with Crippen LogP contribution in [0.15, 0.2) is 0 Å². The quantitative estimate of drug-likeness (QED) is 0.542. The van der Waals surface area contributed by atoms with Gasteiger partial charge >= 0.3 is 0 Å². The Kier molecular flexibility index (Phi) is 3.54. The fourth-order valence-corrected chi connectivity index (χ4v) is 7.37. The van der Waals surface area contributed by atoms with Gasteiger partial charge in [0.05, 0.1) is 0 Å². The van der Waals surface area contributed by atoms with E-state index in [1.165, 1.54) is 0 Å². The zero-order valence-electron chi connectivity index (χ0n) is 14.9. The van der Waals surface area contributed by atoms with Crippen LogP contribution >= 0.6 is 0 Å². The average Bonchev–Trinajstić information content (AvgIpc) is 2.66. The Bertz CT molecular complexity index is 338. The van der Waals surface area contributed by atoms with Crippen LogP contribution in [-0.4, -0.2) is 0 Å². The molecule has 10 atom stereocenters. The van der Waals surface area contributed by atoms with E-state index in [1.807, 2.05) is 0 Å². The van der Waals surface area contributed by atoms with Crippen LogP contribution in [0.1, 0.15) is 55.4 Å². The van der Waals surface area contributed by atoms with Crippen LogP contribution in [-0.2, 0) is 0 Å². The number of rotatable bonds is 0. The van der Waals surface area contributed by atoms with Crippen molar-refractivity contribution in [2.75, 3.05) is 0 Å². The van der Waals surface area contributed by atoms with E-state index in [2.05, 4.69) is 55.4 Å². The van der Waals surface area contributed by atoms with Gasteiger partial charge in [-0.05, 0) is 71.0 Å². The van der Waals surface area contributed by atoms with E-state index >= 15 is 0 Å². The van der Waals surface area contributed by atoms with Crippen LogP contribution < -0.4 is 0 Å². The Hall–Kier alpha value is 0. The summed E-state index contributed by atoms with van der Waals surface area (Å²) in [5.74, 6) is 11.5. The molecular weight excluding hydrogens is 240 g/mol. The van der Waals surface area contributed by atoms with Gasteiger partial charge in [0, 0.05) is 0 Å². The van der Waals surface area contributed by atoms with Gasteiger partial charge in [0.15, 0.2) is 0 Å². The Labute approximate surface area is 127 Å². The first-order valence-electron chi connectivity index (χ1n) is 9.29. The predicted octanol–water partition coefficient (Wildman–Crippen LogP) is 5.58. The van der Waals surface area contributed by atoms with E-state index in [9.17, 15) is 0 Å². The molecule has 0 N–H and O–H groups in total. The van der Waals surface area contributed by atoms with Crippen molar-refractivity contribution in [3.8, 4) is 0 Å². The molecule has 0 aromatic heterocycles. The highest BCUT2D eigenvalue weighted by atomic mass is 14.7. The molecule has 0 aromatic rings. The zero-order chi connectivity index (χ0) is 14.9. The number of hydrogen-bond acceptors (Lipinski definition) is 0. The van der Waals surface area contributed by atoms with Crippen molar-refractivity contribution in [3.63, 3.8) is 0 Å². The van der Waals surface area contributed by atoms with E-state index in [0.29, 0.717) is 0 Å². The van der Waals surface area contributed by atoms with Crippen molar-refractivity contribution in [2.45, 2.75) is 55.4 Å². The molecule has 0 amide bonds. The fraction of sp³-hybridized carbons (Fsp3) is 1.00. The summed E-state index contributed by atoms with van der Waals surface area (Å²) < 4.78 is 0. The van der Waals surface area contributed by atoms with Gasteiger partial charge in [0.2, 0.25) is 0 Å². The molecule has 10 unspecified atom stereocenters. The molecule has 0 aromatic carbocycles. The Balaban J connectivity index is 2.07. The SMILES string of the molecule is CC1C(C)C2C(C)C(C)C(C)C3C(C)C(C)C(C1C)C23. The average molecular weight is 277 g/mol. The third-order valence-corrected chi connectivity index (χ3v) is 9.12. The van der Waals surface area contributed by atoms with Crippen molar-refractivity contribution in [1.82, 2.24) is 0 Å². The van der Waals surface area contributed by atoms with Gasteiger partial charge in [-0.15, -0.1) is 0 Å². The van der Waals surface area contributed by atoms with Gasteiger partial charge in [-0.3, -0.25) is 0 Å². The smallest absolute Gasteiger partial charge is 0.0313 e. The lowest BCUT2D eigenvalue weighted by Crippen LogP contribution is -2.52. The predicted molar refractivity (Wildman–Crippen MR) is 87.3 cm³/mol. The van der Waals surface area contributed by atoms with Gasteiger partial charge < -0.3 is 0 Å². The highest BCUT2D eigenvalue weighted by Crippen LogP contribution is 2.66. The lowest BCUT2D eigenvalue weighted by Gasteiger charge is -2.57. The van der Waals surface area contributed by atoms with Crippen molar-refractivity contribution < 1.29 is 0 Å². The molecule has 0 saturated heterocycles. The van der Waals surface area contributed by atoms with Crippen LogP contribution in [0.25, 0.3) is 0 Å². The van der Waals surface area contributed by atoms with Crippen LogP contribution in [0.3, 0.4) is 0 Å². The monoisotopic (exact) mass is 276 g/mol. The van der Waals surface area contributed by atoms with Crippen molar-refractivity contribution >= 4 is 0 Å². The molecule has 0 spiro atoms. The van der Waals surface area contributed by atoms with Crippen molar-refractivity contribution in [3.05, 3.63) is 0 Å².